The SMILES string of the molecule is O=C1/C(=C\C=C\c2ccc([N+](=O)[O-])cc2)c2ccccc2N1Cc1ccccc1F. The number of hydrogen-bond donors (Lipinski definition) is 0. The molecule has 3 aromatic carbocycles. The van der Waals surface area contributed by atoms with Crippen LogP contribution in [-0.4, -0.2) is 10.8 Å². The van der Waals surface area contributed by atoms with E-state index in [1.165, 1.54) is 18.2 Å². The van der Waals surface area contributed by atoms with Crippen LogP contribution in [-0.2, 0) is 11.3 Å². The standard InChI is InChI=1S/C24H17FN2O3/c25-22-10-3-1-7-18(22)16-26-23-11-4-2-8-20(23)21(24(26)28)9-5-6-17-12-14-19(15-13-17)27(29)30/h1-15H,16H2/b6-5+,21-9-. The molecule has 0 bridgehead atoms. The fraction of sp³-hybridized carbons (Fsp3) is 0.0417. The van der Waals surface area contributed by atoms with Gasteiger partial charge < -0.3 is 4.90 Å². The van der Waals surface area contributed by atoms with Gasteiger partial charge in [-0.25, -0.2) is 4.39 Å². The molecule has 0 radical (unpaired) electrons. The number of hydrogen-bond acceptors (Lipinski definition) is 3. The Morgan fingerprint density at radius 1 is 0.967 bits per heavy atom. The lowest BCUT2D eigenvalue weighted by Crippen LogP contribution is -2.26. The zero-order valence-corrected chi connectivity index (χ0v) is 15.9. The molecule has 6 heteroatoms. The number of nitrogens with zero attached hydrogens (tertiary/aromatic N) is 2. The summed E-state index contributed by atoms with van der Waals surface area (Å²) in [6, 6.07) is 20.0. The quantitative estimate of drug-likeness (QED) is 0.328. The predicted octanol–water partition coefficient (Wildman–Crippen LogP) is 5.38. The lowest BCUT2D eigenvalue weighted by atomic mass is 10.1. The number of rotatable bonds is 5. The van der Waals surface area contributed by atoms with Crippen LogP contribution in [0, 0.1) is 15.9 Å². The monoisotopic (exact) mass is 400 g/mol. The smallest absolute Gasteiger partial charge is 0.269 e. The highest BCUT2D eigenvalue weighted by Crippen LogP contribution is 2.37. The molecule has 4 rings (SSSR count). The molecule has 1 amide bonds. The number of nitro benzene ring substituents is 1. The number of benzene rings is 3. The topological polar surface area (TPSA) is 63.4 Å². The fourth-order valence-corrected chi connectivity index (χ4v) is 3.38. The summed E-state index contributed by atoms with van der Waals surface area (Å²) in [7, 11) is 0. The molecule has 1 heterocycles. The third-order valence-corrected chi connectivity index (χ3v) is 4.90. The first-order chi connectivity index (χ1) is 14.5. The van der Waals surface area contributed by atoms with Gasteiger partial charge in [0.2, 0.25) is 0 Å². The number of carbonyl (C=O) groups is 1. The van der Waals surface area contributed by atoms with Crippen molar-refractivity contribution in [2.24, 2.45) is 0 Å². The lowest BCUT2D eigenvalue weighted by molar-refractivity contribution is -0.384. The highest BCUT2D eigenvalue weighted by molar-refractivity contribution is 6.32. The summed E-state index contributed by atoms with van der Waals surface area (Å²) in [6.45, 7) is 0.145. The van der Waals surface area contributed by atoms with Crippen molar-refractivity contribution in [2.75, 3.05) is 4.90 Å². The number of allylic oxidation sites excluding steroid dienone is 2. The van der Waals surface area contributed by atoms with Crippen LogP contribution in [0.5, 0.6) is 0 Å². The number of para-hydroxylation sites is 1. The molecule has 0 atom stereocenters. The summed E-state index contributed by atoms with van der Waals surface area (Å²) < 4.78 is 14.1. The van der Waals surface area contributed by atoms with Gasteiger partial charge >= 0.3 is 0 Å². The van der Waals surface area contributed by atoms with Crippen molar-refractivity contribution >= 4 is 28.9 Å². The predicted molar refractivity (Wildman–Crippen MR) is 114 cm³/mol. The van der Waals surface area contributed by atoms with E-state index in [0.717, 1.165) is 16.8 Å². The number of carbonyl (C=O) groups excluding carboxylic acids is 1. The van der Waals surface area contributed by atoms with E-state index in [2.05, 4.69) is 0 Å². The largest absolute Gasteiger partial charge is 0.303 e. The molecule has 0 unspecified atom stereocenters. The Kier molecular flexibility index (Phi) is 5.22. The second-order valence-electron chi connectivity index (χ2n) is 6.79. The van der Waals surface area contributed by atoms with Crippen molar-refractivity contribution in [1.82, 2.24) is 0 Å². The molecule has 1 aliphatic rings. The van der Waals surface area contributed by atoms with Crippen LogP contribution >= 0.6 is 0 Å². The number of anilines is 1. The molecule has 0 aromatic heterocycles. The first-order valence-corrected chi connectivity index (χ1v) is 9.32. The van der Waals surface area contributed by atoms with E-state index in [0.29, 0.717) is 11.1 Å². The first-order valence-electron chi connectivity index (χ1n) is 9.32. The van der Waals surface area contributed by atoms with E-state index in [9.17, 15) is 19.3 Å². The van der Waals surface area contributed by atoms with Gasteiger partial charge in [-0.1, -0.05) is 48.6 Å². The summed E-state index contributed by atoms with van der Waals surface area (Å²) >= 11 is 0. The molecule has 148 valence electrons. The Hall–Kier alpha value is -4.06. The third-order valence-electron chi connectivity index (χ3n) is 4.90. The summed E-state index contributed by atoms with van der Waals surface area (Å²) in [6.07, 6.45) is 5.22. The summed E-state index contributed by atoms with van der Waals surface area (Å²) in [5.74, 6) is -0.550. The van der Waals surface area contributed by atoms with Crippen molar-refractivity contribution in [2.45, 2.75) is 6.54 Å². The van der Waals surface area contributed by atoms with Crippen LogP contribution in [0.1, 0.15) is 16.7 Å². The van der Waals surface area contributed by atoms with Gasteiger partial charge in [-0.3, -0.25) is 14.9 Å². The van der Waals surface area contributed by atoms with Gasteiger partial charge in [-0.2, -0.15) is 0 Å². The second kappa shape index (κ2) is 8.13. The first kappa shape index (κ1) is 19.3. The van der Waals surface area contributed by atoms with Gasteiger partial charge in [-0.15, -0.1) is 0 Å². The van der Waals surface area contributed by atoms with Gasteiger partial charge in [0, 0.05) is 28.8 Å². The Morgan fingerprint density at radius 3 is 2.40 bits per heavy atom. The van der Waals surface area contributed by atoms with Crippen LogP contribution in [0.3, 0.4) is 0 Å². The van der Waals surface area contributed by atoms with Crippen molar-refractivity contribution < 1.29 is 14.1 Å². The van der Waals surface area contributed by atoms with Crippen LogP contribution in [0.15, 0.2) is 84.9 Å². The molecule has 0 aliphatic carbocycles. The van der Waals surface area contributed by atoms with E-state index in [4.69, 9.17) is 0 Å². The summed E-state index contributed by atoms with van der Waals surface area (Å²) in [4.78, 5) is 24.9. The Balaban J connectivity index is 1.61. The number of amides is 1. The molecule has 0 saturated heterocycles. The summed E-state index contributed by atoms with van der Waals surface area (Å²) in [5, 5.41) is 10.7. The van der Waals surface area contributed by atoms with Crippen LogP contribution in [0.4, 0.5) is 15.8 Å². The van der Waals surface area contributed by atoms with Gasteiger partial charge in [0.25, 0.3) is 11.6 Å². The molecule has 1 aliphatic heterocycles. The van der Waals surface area contributed by atoms with E-state index < -0.39 is 4.92 Å². The Labute approximate surface area is 172 Å². The van der Waals surface area contributed by atoms with Crippen LogP contribution in [0.25, 0.3) is 11.6 Å². The molecule has 5 nitrogen and oxygen atoms in total. The zero-order valence-electron chi connectivity index (χ0n) is 15.9. The molecule has 0 spiro atoms. The molecular formula is C24H17FN2O3. The van der Waals surface area contributed by atoms with E-state index in [1.54, 1.807) is 53.5 Å². The van der Waals surface area contributed by atoms with E-state index in [1.807, 2.05) is 24.3 Å². The maximum atomic E-state index is 14.1. The average molecular weight is 400 g/mol. The second-order valence-corrected chi connectivity index (χ2v) is 6.79. The Bertz CT molecular complexity index is 1180. The summed E-state index contributed by atoms with van der Waals surface area (Å²) in [5.41, 5.74) is 3.28. The van der Waals surface area contributed by atoms with Gasteiger partial charge in [0.1, 0.15) is 5.82 Å². The molecule has 0 fully saturated rings. The van der Waals surface area contributed by atoms with Crippen molar-refractivity contribution in [1.29, 1.82) is 0 Å². The Morgan fingerprint density at radius 2 is 1.67 bits per heavy atom. The number of nitro groups is 1. The molecule has 0 saturated carbocycles. The maximum Gasteiger partial charge on any atom is 0.269 e. The third kappa shape index (κ3) is 3.75. The van der Waals surface area contributed by atoms with Gasteiger partial charge in [-0.05, 0) is 35.9 Å². The molecule has 3 aromatic rings. The number of fused-ring (bicyclic) bond motifs is 1. The molecular weight excluding hydrogens is 383 g/mol. The minimum absolute atomic E-state index is 0.0224. The normalized spacial score (nSPS) is 14.5. The molecule has 0 N–H and O–H groups in total. The van der Waals surface area contributed by atoms with Crippen molar-refractivity contribution in [3.63, 3.8) is 0 Å². The highest BCUT2D eigenvalue weighted by atomic mass is 19.1. The van der Waals surface area contributed by atoms with Gasteiger partial charge in [0.15, 0.2) is 0 Å². The fourth-order valence-electron chi connectivity index (χ4n) is 3.38. The minimum atomic E-state index is -0.451. The van der Waals surface area contributed by atoms with Crippen molar-refractivity contribution in [3.8, 4) is 0 Å². The molecule has 30 heavy (non-hydrogen) atoms. The van der Waals surface area contributed by atoms with E-state index >= 15 is 0 Å². The van der Waals surface area contributed by atoms with E-state index in [-0.39, 0.29) is 24.0 Å². The maximum absolute atomic E-state index is 14.1. The van der Waals surface area contributed by atoms with Crippen LogP contribution in [0.2, 0.25) is 0 Å². The number of non-ortho nitro benzene ring substituents is 1. The minimum Gasteiger partial charge on any atom is -0.303 e. The highest BCUT2D eigenvalue weighted by Gasteiger charge is 2.32. The number of halogens is 1. The van der Waals surface area contributed by atoms with Crippen molar-refractivity contribution in [3.05, 3.63) is 118 Å². The average Bonchev–Trinajstić information content (AvgIpc) is 3.01. The zero-order chi connectivity index (χ0) is 21.1. The lowest BCUT2D eigenvalue weighted by Gasteiger charge is -2.17. The van der Waals surface area contributed by atoms with Gasteiger partial charge in [0.05, 0.1) is 17.2 Å². The van der Waals surface area contributed by atoms with Crippen LogP contribution < -0.4 is 4.90 Å².